The van der Waals surface area contributed by atoms with Crippen LogP contribution in [0.15, 0.2) is 18.3 Å². The number of anilines is 3. The van der Waals surface area contributed by atoms with Gasteiger partial charge in [0.15, 0.2) is 6.29 Å². The average Bonchev–Trinajstić information content (AvgIpc) is 2.88. The molecule has 3 amide bonds. The lowest BCUT2D eigenvalue weighted by Crippen LogP contribution is -2.40. The van der Waals surface area contributed by atoms with Gasteiger partial charge in [-0.15, -0.1) is 0 Å². The van der Waals surface area contributed by atoms with Crippen LogP contribution < -0.4 is 15.5 Å². The maximum atomic E-state index is 13.2. The first-order chi connectivity index (χ1) is 17.4. The first-order valence-electron chi connectivity index (χ1n) is 11.3. The Labute approximate surface area is 209 Å². The molecule has 190 valence electrons. The number of likely N-dealkylation sites (N-methyl/N-ethyl adjacent to an activating group) is 1. The summed E-state index contributed by atoms with van der Waals surface area (Å²) in [5.74, 6) is 0.429. The highest BCUT2D eigenvalue weighted by molar-refractivity contribution is 6.01. The fourth-order valence-electron chi connectivity index (χ4n) is 3.79. The molecule has 2 aromatic heterocycles. The van der Waals surface area contributed by atoms with E-state index in [2.05, 4.69) is 26.7 Å². The van der Waals surface area contributed by atoms with Crippen LogP contribution in [-0.4, -0.2) is 80.7 Å². The zero-order valence-corrected chi connectivity index (χ0v) is 20.5. The second-order valence-corrected chi connectivity index (χ2v) is 8.15. The molecule has 1 aliphatic rings. The Balaban J connectivity index is 1.82. The van der Waals surface area contributed by atoms with E-state index in [1.165, 1.54) is 23.1 Å². The Kier molecular flexibility index (Phi) is 9.26. The molecule has 0 spiro atoms. The fraction of sp³-hybridized carbons (Fsp3) is 0.417. The highest BCUT2D eigenvalue weighted by atomic mass is 16.5. The molecule has 12 nitrogen and oxygen atoms in total. The van der Waals surface area contributed by atoms with Crippen LogP contribution in [0.25, 0.3) is 0 Å². The molecule has 0 radical (unpaired) electrons. The molecule has 1 aliphatic heterocycles. The Morgan fingerprint density at radius 3 is 2.81 bits per heavy atom. The van der Waals surface area contributed by atoms with E-state index in [1.54, 1.807) is 20.2 Å². The summed E-state index contributed by atoms with van der Waals surface area (Å²) in [6.07, 6.45) is 3.38. The molecule has 0 atom stereocenters. The molecular formula is C24H29N7O5. The number of aryl methyl sites for hydroxylation is 1. The van der Waals surface area contributed by atoms with Gasteiger partial charge in [-0.3, -0.25) is 19.8 Å². The van der Waals surface area contributed by atoms with Crippen LogP contribution in [0.4, 0.5) is 22.1 Å². The zero-order chi connectivity index (χ0) is 26.1. The number of methoxy groups -OCH3 is 2. The number of pyridine rings is 2. The van der Waals surface area contributed by atoms with Crippen molar-refractivity contribution in [1.29, 1.82) is 5.26 Å². The largest absolute Gasteiger partial charge is 0.383 e. The molecule has 3 rings (SSSR count). The Morgan fingerprint density at radius 2 is 2.11 bits per heavy atom. The summed E-state index contributed by atoms with van der Waals surface area (Å²) in [6.45, 7) is 1.46. The fourth-order valence-corrected chi connectivity index (χ4v) is 3.79. The van der Waals surface area contributed by atoms with E-state index in [1.807, 2.05) is 6.07 Å². The summed E-state index contributed by atoms with van der Waals surface area (Å²) in [5, 5.41) is 15.2. The van der Waals surface area contributed by atoms with Crippen LogP contribution in [-0.2, 0) is 27.2 Å². The van der Waals surface area contributed by atoms with Crippen LogP contribution in [0.3, 0.4) is 0 Å². The van der Waals surface area contributed by atoms with Gasteiger partial charge in [0.2, 0.25) is 5.91 Å². The van der Waals surface area contributed by atoms with Crippen molar-refractivity contribution in [2.75, 3.05) is 63.1 Å². The maximum Gasteiger partial charge on any atom is 0.328 e. The molecule has 0 bridgehead atoms. The van der Waals surface area contributed by atoms with Gasteiger partial charge in [0.05, 0.1) is 17.9 Å². The minimum atomic E-state index is -0.458. The maximum absolute atomic E-state index is 13.2. The monoisotopic (exact) mass is 495 g/mol. The van der Waals surface area contributed by atoms with Crippen molar-refractivity contribution in [3.63, 3.8) is 0 Å². The standard InChI is InChI=1S/C24H29N7O5/c1-30(22(33)15-36-3)13-17-9-16-5-4-7-31(23(16)28-20(17)14-32)24(34)29-21-10-19(26-6-8-35-2)18(11-25)12-27-21/h9-10,12,14H,4-8,13,15H2,1-3H3,(H2,26,27,29,34). The number of rotatable bonds is 10. The summed E-state index contributed by atoms with van der Waals surface area (Å²) in [4.78, 5) is 48.6. The number of amides is 3. The topological polar surface area (TPSA) is 150 Å². The lowest BCUT2D eigenvalue weighted by atomic mass is 10.0. The van der Waals surface area contributed by atoms with Crippen LogP contribution in [0, 0.1) is 11.3 Å². The number of fused-ring (bicyclic) bond motifs is 1. The molecule has 0 fully saturated rings. The summed E-state index contributed by atoms with van der Waals surface area (Å²) in [6, 6.07) is 5.00. The van der Waals surface area contributed by atoms with Crippen LogP contribution >= 0.6 is 0 Å². The van der Waals surface area contributed by atoms with E-state index in [4.69, 9.17) is 9.47 Å². The number of nitrogens with zero attached hydrogens (tertiary/aromatic N) is 5. The van der Waals surface area contributed by atoms with Gasteiger partial charge < -0.3 is 19.7 Å². The Bertz CT molecular complexity index is 1160. The lowest BCUT2D eigenvalue weighted by Gasteiger charge is -2.29. The third kappa shape index (κ3) is 6.32. The average molecular weight is 496 g/mol. The molecular weight excluding hydrogens is 466 g/mol. The quantitative estimate of drug-likeness (QED) is 0.371. The normalized spacial score (nSPS) is 12.3. The van der Waals surface area contributed by atoms with Gasteiger partial charge in [0.1, 0.15) is 30.0 Å². The molecule has 0 aliphatic carbocycles. The lowest BCUT2D eigenvalue weighted by molar-refractivity contribution is -0.134. The SMILES string of the molecule is COCCNc1cc(NC(=O)N2CCCc3cc(CN(C)C(=O)COC)c(C=O)nc32)ncc1C#N. The van der Waals surface area contributed by atoms with Gasteiger partial charge >= 0.3 is 6.03 Å². The van der Waals surface area contributed by atoms with E-state index in [-0.39, 0.29) is 30.6 Å². The van der Waals surface area contributed by atoms with Crippen molar-refractivity contribution in [2.45, 2.75) is 19.4 Å². The molecule has 12 heteroatoms. The Morgan fingerprint density at radius 1 is 1.31 bits per heavy atom. The number of ether oxygens (including phenoxy) is 2. The van der Waals surface area contributed by atoms with E-state index >= 15 is 0 Å². The summed E-state index contributed by atoms with van der Waals surface area (Å²) in [7, 11) is 4.64. The number of aromatic nitrogens is 2. The Hall–Kier alpha value is -4.08. The smallest absolute Gasteiger partial charge is 0.328 e. The third-order valence-corrected chi connectivity index (χ3v) is 5.61. The number of carbonyl (C=O) groups is 3. The minimum Gasteiger partial charge on any atom is -0.383 e. The molecule has 36 heavy (non-hydrogen) atoms. The zero-order valence-electron chi connectivity index (χ0n) is 20.5. The molecule has 2 aromatic rings. The minimum absolute atomic E-state index is 0.0633. The predicted molar refractivity (Wildman–Crippen MR) is 132 cm³/mol. The van der Waals surface area contributed by atoms with Crippen molar-refractivity contribution >= 4 is 35.5 Å². The molecule has 0 saturated carbocycles. The van der Waals surface area contributed by atoms with Crippen molar-refractivity contribution < 1.29 is 23.9 Å². The number of hydrogen-bond acceptors (Lipinski definition) is 9. The predicted octanol–water partition coefficient (Wildman–Crippen LogP) is 1.81. The molecule has 0 aromatic carbocycles. The van der Waals surface area contributed by atoms with E-state index in [9.17, 15) is 19.6 Å². The van der Waals surface area contributed by atoms with E-state index in [0.29, 0.717) is 61.5 Å². The highest BCUT2D eigenvalue weighted by Gasteiger charge is 2.27. The summed E-state index contributed by atoms with van der Waals surface area (Å²) >= 11 is 0. The number of nitriles is 1. The summed E-state index contributed by atoms with van der Waals surface area (Å²) < 4.78 is 9.91. The van der Waals surface area contributed by atoms with E-state index < -0.39 is 6.03 Å². The van der Waals surface area contributed by atoms with Crippen molar-refractivity contribution in [3.8, 4) is 6.07 Å². The number of hydrogen-bond donors (Lipinski definition) is 2. The van der Waals surface area contributed by atoms with Crippen molar-refractivity contribution in [3.05, 3.63) is 40.7 Å². The number of nitrogens with one attached hydrogen (secondary N) is 2. The highest BCUT2D eigenvalue weighted by Crippen LogP contribution is 2.28. The van der Waals surface area contributed by atoms with Gasteiger partial charge in [-0.05, 0) is 24.5 Å². The second-order valence-electron chi connectivity index (χ2n) is 8.15. The first kappa shape index (κ1) is 26.5. The molecule has 0 unspecified atom stereocenters. The van der Waals surface area contributed by atoms with Crippen molar-refractivity contribution in [2.24, 2.45) is 0 Å². The summed E-state index contributed by atoms with van der Waals surface area (Å²) in [5.41, 5.74) is 2.42. The number of aldehydes is 1. The third-order valence-electron chi connectivity index (χ3n) is 5.61. The van der Waals surface area contributed by atoms with Crippen LogP contribution in [0.1, 0.15) is 33.6 Å². The molecule has 3 heterocycles. The van der Waals surface area contributed by atoms with Gasteiger partial charge in [-0.2, -0.15) is 5.26 Å². The van der Waals surface area contributed by atoms with Gasteiger partial charge in [-0.25, -0.2) is 14.8 Å². The molecule has 0 saturated heterocycles. The number of carbonyl (C=O) groups excluding carboxylic acids is 3. The van der Waals surface area contributed by atoms with Crippen LogP contribution in [0.2, 0.25) is 0 Å². The molecule has 2 N–H and O–H groups in total. The van der Waals surface area contributed by atoms with Gasteiger partial charge in [0.25, 0.3) is 0 Å². The second kappa shape index (κ2) is 12.6. The van der Waals surface area contributed by atoms with Gasteiger partial charge in [-0.1, -0.05) is 0 Å². The van der Waals surface area contributed by atoms with E-state index in [0.717, 1.165) is 5.56 Å². The van der Waals surface area contributed by atoms with Gasteiger partial charge in [0, 0.05) is 58.7 Å². The van der Waals surface area contributed by atoms with Crippen molar-refractivity contribution in [1.82, 2.24) is 14.9 Å². The number of urea groups is 1. The first-order valence-corrected chi connectivity index (χ1v) is 11.3. The van der Waals surface area contributed by atoms with Crippen LogP contribution in [0.5, 0.6) is 0 Å².